The monoisotopic (exact) mass is 503 g/mol. The van der Waals surface area contributed by atoms with Gasteiger partial charge in [-0.1, -0.05) is 0 Å². The van der Waals surface area contributed by atoms with E-state index in [0.29, 0.717) is 30.6 Å². The van der Waals surface area contributed by atoms with E-state index in [1.807, 2.05) is 0 Å². The highest BCUT2D eigenvalue weighted by atomic mass is 16.6. The van der Waals surface area contributed by atoms with Crippen molar-refractivity contribution in [1.82, 2.24) is 35.2 Å². The maximum absolute atomic E-state index is 11.9. The van der Waals surface area contributed by atoms with Crippen LogP contribution in [0.15, 0.2) is 22.8 Å². The van der Waals surface area contributed by atoms with Crippen LogP contribution in [0.5, 0.6) is 0 Å². The van der Waals surface area contributed by atoms with Crippen LogP contribution in [0.4, 0.5) is 21.5 Å². The van der Waals surface area contributed by atoms with Crippen LogP contribution in [0.2, 0.25) is 0 Å². The van der Waals surface area contributed by atoms with E-state index in [1.165, 1.54) is 10.8 Å². The van der Waals surface area contributed by atoms with Crippen LogP contribution in [0.1, 0.15) is 41.5 Å². The second-order valence-electron chi connectivity index (χ2n) is 9.71. The summed E-state index contributed by atoms with van der Waals surface area (Å²) in [6, 6.07) is 3.47. The maximum Gasteiger partial charge on any atom is 0.407 e. The van der Waals surface area contributed by atoms with Crippen LogP contribution < -0.4 is 21.3 Å². The number of nitrogens with one attached hydrogen (secondary N) is 4. The molecule has 14 heteroatoms. The molecule has 0 spiro atoms. The Bertz CT molecular complexity index is 1160. The van der Waals surface area contributed by atoms with Gasteiger partial charge in [0.1, 0.15) is 11.2 Å². The Kier molecular flexibility index (Phi) is 8.17. The molecule has 4 N–H and O–H groups in total. The van der Waals surface area contributed by atoms with E-state index < -0.39 is 23.4 Å². The molecule has 0 radical (unpaired) electrons. The SMILES string of the molecule is CC(C)(C)OC(=O)NCCNc1nc(NCCNC(=O)OC(C)(C)C)n2nc(-c3ccco3)nc2n1. The van der Waals surface area contributed by atoms with Gasteiger partial charge in [0, 0.05) is 26.2 Å². The van der Waals surface area contributed by atoms with Gasteiger partial charge in [-0.3, -0.25) is 0 Å². The number of furan rings is 1. The zero-order valence-corrected chi connectivity index (χ0v) is 21.3. The van der Waals surface area contributed by atoms with E-state index >= 15 is 0 Å². The van der Waals surface area contributed by atoms with Crippen molar-refractivity contribution in [3.8, 4) is 11.6 Å². The summed E-state index contributed by atoms with van der Waals surface area (Å²) < 4.78 is 17.3. The number of carbonyl (C=O) groups excluding carboxylic acids is 2. The van der Waals surface area contributed by atoms with Gasteiger partial charge in [-0.2, -0.15) is 19.5 Å². The van der Waals surface area contributed by atoms with Crippen molar-refractivity contribution in [2.24, 2.45) is 0 Å². The molecule has 0 aromatic carbocycles. The van der Waals surface area contributed by atoms with Gasteiger partial charge in [-0.05, 0) is 53.7 Å². The van der Waals surface area contributed by atoms with Crippen LogP contribution >= 0.6 is 0 Å². The normalized spacial score (nSPS) is 11.7. The number of ether oxygens (including phenoxy) is 2. The lowest BCUT2D eigenvalue weighted by Gasteiger charge is -2.19. The number of amides is 2. The summed E-state index contributed by atoms with van der Waals surface area (Å²) in [6.45, 7) is 12.0. The number of fused-ring (bicyclic) bond motifs is 1. The summed E-state index contributed by atoms with van der Waals surface area (Å²) in [5, 5.41) is 15.9. The molecule has 196 valence electrons. The number of rotatable bonds is 9. The molecule has 3 heterocycles. The summed E-state index contributed by atoms with van der Waals surface area (Å²) in [5.74, 6) is 1.72. The predicted octanol–water partition coefficient (Wildman–Crippen LogP) is 2.65. The van der Waals surface area contributed by atoms with Crippen LogP contribution in [0, 0.1) is 0 Å². The second kappa shape index (κ2) is 11.1. The molecule has 0 atom stereocenters. The minimum Gasteiger partial charge on any atom is -0.461 e. The van der Waals surface area contributed by atoms with Gasteiger partial charge >= 0.3 is 12.2 Å². The van der Waals surface area contributed by atoms with E-state index in [2.05, 4.69) is 41.3 Å². The fourth-order valence-corrected chi connectivity index (χ4v) is 2.80. The van der Waals surface area contributed by atoms with E-state index in [1.54, 1.807) is 53.7 Å². The van der Waals surface area contributed by atoms with E-state index in [0.717, 1.165) is 0 Å². The molecule has 36 heavy (non-hydrogen) atoms. The Labute approximate surface area is 208 Å². The highest BCUT2D eigenvalue weighted by Crippen LogP contribution is 2.18. The standard InChI is InChI=1S/C22H33N9O5/c1-21(2,3)35-19(32)25-11-9-23-16-28-17(24-10-12-26-20(33)36-22(4,5)6)31-18(29-16)27-15(30-31)14-8-7-13-34-14/h7-8,13H,9-12H2,1-6H3,(H,25,32)(H,26,33)(H2,23,24,27,28,29,30). The number of carbonyl (C=O) groups is 2. The molecule has 0 saturated carbocycles. The zero-order chi connectivity index (χ0) is 26.3. The van der Waals surface area contributed by atoms with Gasteiger partial charge in [-0.15, -0.1) is 5.10 Å². The molecule has 2 amide bonds. The van der Waals surface area contributed by atoms with Crippen molar-refractivity contribution in [1.29, 1.82) is 0 Å². The lowest BCUT2D eigenvalue weighted by Crippen LogP contribution is -2.35. The van der Waals surface area contributed by atoms with Gasteiger partial charge < -0.3 is 35.2 Å². The Morgan fingerprint density at radius 2 is 1.50 bits per heavy atom. The van der Waals surface area contributed by atoms with Crippen LogP contribution in [0.25, 0.3) is 17.4 Å². The largest absolute Gasteiger partial charge is 0.461 e. The van der Waals surface area contributed by atoms with Crippen LogP contribution in [0.3, 0.4) is 0 Å². The summed E-state index contributed by atoms with van der Waals surface area (Å²) in [4.78, 5) is 36.9. The third kappa shape index (κ3) is 8.29. The first kappa shape index (κ1) is 26.5. The highest BCUT2D eigenvalue weighted by Gasteiger charge is 2.18. The number of hydrogen-bond acceptors (Lipinski definition) is 11. The van der Waals surface area contributed by atoms with Gasteiger partial charge in [0.25, 0.3) is 5.78 Å². The molecule has 0 aliphatic heterocycles. The number of anilines is 2. The second-order valence-corrected chi connectivity index (χ2v) is 9.71. The van der Waals surface area contributed by atoms with Gasteiger partial charge in [0.05, 0.1) is 6.26 Å². The molecule has 0 fully saturated rings. The molecule has 0 aliphatic rings. The fraction of sp³-hybridized carbons (Fsp3) is 0.545. The van der Waals surface area contributed by atoms with Crippen LogP contribution in [-0.2, 0) is 9.47 Å². The third-order valence-corrected chi connectivity index (χ3v) is 4.10. The molecular weight excluding hydrogens is 470 g/mol. The smallest absolute Gasteiger partial charge is 0.407 e. The quantitative estimate of drug-likeness (QED) is 0.317. The molecule has 0 saturated heterocycles. The number of alkyl carbamates (subject to hydrolysis) is 2. The van der Waals surface area contributed by atoms with Gasteiger partial charge in [-0.25, -0.2) is 9.59 Å². The fourth-order valence-electron chi connectivity index (χ4n) is 2.80. The molecule has 0 bridgehead atoms. The van der Waals surface area contributed by atoms with Crippen molar-refractivity contribution in [2.45, 2.75) is 52.7 Å². The van der Waals surface area contributed by atoms with Crippen molar-refractivity contribution < 1.29 is 23.5 Å². The molecule has 0 unspecified atom stereocenters. The lowest BCUT2D eigenvalue weighted by atomic mass is 10.2. The van der Waals surface area contributed by atoms with Gasteiger partial charge in [0.2, 0.25) is 17.7 Å². The highest BCUT2D eigenvalue weighted by molar-refractivity contribution is 5.68. The van der Waals surface area contributed by atoms with Crippen molar-refractivity contribution in [3.63, 3.8) is 0 Å². The summed E-state index contributed by atoms with van der Waals surface area (Å²) in [7, 11) is 0. The molecule has 3 rings (SSSR count). The molecule has 0 aliphatic carbocycles. The van der Waals surface area contributed by atoms with Crippen molar-refractivity contribution in [3.05, 3.63) is 18.4 Å². The molecule has 3 aromatic heterocycles. The third-order valence-electron chi connectivity index (χ3n) is 4.10. The lowest BCUT2D eigenvalue weighted by molar-refractivity contribution is 0.0518. The Hall–Kier alpha value is -4.10. The summed E-state index contributed by atoms with van der Waals surface area (Å²) in [6.07, 6.45) is 0.498. The Balaban J connectivity index is 1.66. The minimum absolute atomic E-state index is 0.273. The topological polar surface area (TPSA) is 170 Å². The summed E-state index contributed by atoms with van der Waals surface area (Å²) >= 11 is 0. The van der Waals surface area contributed by atoms with E-state index in [4.69, 9.17) is 13.9 Å². The number of hydrogen-bond donors (Lipinski definition) is 4. The van der Waals surface area contributed by atoms with Crippen molar-refractivity contribution in [2.75, 3.05) is 36.8 Å². The van der Waals surface area contributed by atoms with E-state index in [-0.39, 0.29) is 24.8 Å². The first-order valence-electron chi connectivity index (χ1n) is 11.5. The zero-order valence-electron chi connectivity index (χ0n) is 21.3. The molecule has 14 nitrogen and oxygen atoms in total. The van der Waals surface area contributed by atoms with Crippen LogP contribution in [-0.4, -0.2) is 74.1 Å². The first-order valence-corrected chi connectivity index (χ1v) is 11.5. The predicted molar refractivity (Wildman–Crippen MR) is 132 cm³/mol. The maximum atomic E-state index is 11.9. The number of aromatic nitrogens is 5. The molecular formula is C22H33N9O5. The summed E-state index contributed by atoms with van der Waals surface area (Å²) in [5.41, 5.74) is -1.16. The van der Waals surface area contributed by atoms with Gasteiger partial charge in [0.15, 0.2) is 5.76 Å². The van der Waals surface area contributed by atoms with Crippen molar-refractivity contribution >= 4 is 29.9 Å². The average molecular weight is 504 g/mol. The Morgan fingerprint density at radius 1 is 0.889 bits per heavy atom. The first-order chi connectivity index (χ1) is 16.9. The Morgan fingerprint density at radius 3 is 2.06 bits per heavy atom. The van der Waals surface area contributed by atoms with E-state index in [9.17, 15) is 9.59 Å². The molecule has 3 aromatic rings. The average Bonchev–Trinajstić information content (AvgIpc) is 3.41. The minimum atomic E-state index is -0.585. The number of nitrogens with zero attached hydrogens (tertiary/aromatic N) is 5.